The Balaban J connectivity index is 1.60. The van der Waals surface area contributed by atoms with Crippen molar-refractivity contribution >= 4 is 0 Å². The third kappa shape index (κ3) is 3.70. The van der Waals surface area contributed by atoms with Crippen molar-refractivity contribution in [2.24, 2.45) is 0 Å². The molecule has 0 aromatic rings. The van der Waals surface area contributed by atoms with E-state index in [1.54, 1.807) is 0 Å². The summed E-state index contributed by atoms with van der Waals surface area (Å²) in [7, 11) is 0. The van der Waals surface area contributed by atoms with Gasteiger partial charge in [-0.25, -0.2) is 0 Å². The van der Waals surface area contributed by atoms with Crippen LogP contribution in [0.3, 0.4) is 0 Å². The molecule has 0 saturated carbocycles. The van der Waals surface area contributed by atoms with Crippen LogP contribution in [0.2, 0.25) is 0 Å². The lowest BCUT2D eigenvalue weighted by atomic mass is 10.0. The van der Waals surface area contributed by atoms with E-state index < -0.39 is 0 Å². The van der Waals surface area contributed by atoms with Gasteiger partial charge in [-0.2, -0.15) is 0 Å². The number of piperazine rings is 2. The molecular weight excluding hydrogens is 200 g/mol. The summed E-state index contributed by atoms with van der Waals surface area (Å²) in [5.41, 5.74) is 0. The second-order valence-electron chi connectivity index (χ2n) is 5.41. The minimum Gasteiger partial charge on any atom is -0.311 e. The quantitative estimate of drug-likeness (QED) is 0.532. The van der Waals surface area contributed by atoms with Crippen molar-refractivity contribution in [1.29, 1.82) is 0 Å². The van der Waals surface area contributed by atoms with E-state index in [1.165, 1.54) is 12.8 Å². The average molecular weight is 226 g/mol. The molecule has 16 heavy (non-hydrogen) atoms. The first-order valence-electron chi connectivity index (χ1n) is 6.67. The van der Waals surface area contributed by atoms with E-state index in [0.717, 1.165) is 26.2 Å². The van der Waals surface area contributed by atoms with Crippen molar-refractivity contribution < 1.29 is 0 Å². The zero-order chi connectivity index (χ0) is 11.4. The van der Waals surface area contributed by atoms with Gasteiger partial charge in [0.15, 0.2) is 0 Å². The van der Waals surface area contributed by atoms with E-state index in [1.807, 2.05) is 0 Å². The Labute approximate surface area is 98.9 Å². The summed E-state index contributed by atoms with van der Waals surface area (Å²) in [5.74, 6) is 0. The molecule has 2 aliphatic heterocycles. The molecule has 4 nitrogen and oxygen atoms in total. The highest BCUT2D eigenvalue weighted by Gasteiger charge is 2.20. The minimum atomic E-state index is 0.631. The number of nitrogens with one attached hydrogen (secondary N) is 4. The predicted octanol–water partition coefficient (Wildman–Crippen LogP) is -0.334. The van der Waals surface area contributed by atoms with Crippen LogP contribution in [0.15, 0.2) is 0 Å². The number of hydrogen-bond donors (Lipinski definition) is 4. The number of rotatable bonds is 3. The molecule has 2 aliphatic rings. The minimum absolute atomic E-state index is 0.631. The van der Waals surface area contributed by atoms with E-state index in [4.69, 9.17) is 0 Å². The fraction of sp³-hybridized carbons (Fsp3) is 1.00. The molecule has 0 spiro atoms. The number of hydrogen-bond acceptors (Lipinski definition) is 4. The Morgan fingerprint density at radius 1 is 0.688 bits per heavy atom. The molecule has 2 unspecified atom stereocenters. The highest BCUT2D eigenvalue weighted by Crippen LogP contribution is 2.06. The van der Waals surface area contributed by atoms with Crippen molar-refractivity contribution in [1.82, 2.24) is 21.3 Å². The monoisotopic (exact) mass is 226 g/mol. The van der Waals surface area contributed by atoms with E-state index in [2.05, 4.69) is 35.1 Å². The van der Waals surface area contributed by atoms with Crippen molar-refractivity contribution in [3.05, 3.63) is 0 Å². The van der Waals surface area contributed by atoms with Gasteiger partial charge >= 0.3 is 0 Å². The molecule has 2 fully saturated rings. The van der Waals surface area contributed by atoms with E-state index in [9.17, 15) is 0 Å². The summed E-state index contributed by atoms with van der Waals surface area (Å²) in [6.45, 7) is 8.93. The molecule has 0 aliphatic carbocycles. The van der Waals surface area contributed by atoms with Crippen LogP contribution in [0, 0.1) is 0 Å². The molecule has 94 valence electrons. The van der Waals surface area contributed by atoms with Gasteiger partial charge in [0.05, 0.1) is 0 Å². The van der Waals surface area contributed by atoms with Crippen LogP contribution in [0.5, 0.6) is 0 Å². The third-order valence-electron chi connectivity index (χ3n) is 3.71. The fourth-order valence-electron chi connectivity index (χ4n) is 2.47. The lowest BCUT2D eigenvalue weighted by Crippen LogP contribution is -2.55. The summed E-state index contributed by atoms with van der Waals surface area (Å²) < 4.78 is 0. The van der Waals surface area contributed by atoms with Crippen LogP contribution in [-0.2, 0) is 0 Å². The van der Waals surface area contributed by atoms with Crippen LogP contribution in [0.4, 0.5) is 0 Å². The van der Waals surface area contributed by atoms with Crippen molar-refractivity contribution in [2.75, 3.05) is 26.2 Å². The highest BCUT2D eigenvalue weighted by molar-refractivity contribution is 4.85. The second-order valence-corrected chi connectivity index (χ2v) is 5.41. The topological polar surface area (TPSA) is 48.1 Å². The van der Waals surface area contributed by atoms with Crippen LogP contribution in [-0.4, -0.2) is 50.3 Å². The maximum atomic E-state index is 3.61. The Morgan fingerprint density at radius 2 is 1.12 bits per heavy atom. The Hall–Kier alpha value is -0.160. The fourth-order valence-corrected chi connectivity index (χ4v) is 2.47. The molecule has 0 amide bonds. The Kier molecular flexibility index (Phi) is 4.58. The van der Waals surface area contributed by atoms with Gasteiger partial charge in [0.25, 0.3) is 0 Å². The molecule has 2 heterocycles. The summed E-state index contributed by atoms with van der Waals surface area (Å²) in [6.07, 6.45) is 2.54. The second kappa shape index (κ2) is 5.96. The molecule has 0 bridgehead atoms. The summed E-state index contributed by atoms with van der Waals surface area (Å²) in [6, 6.07) is 2.59. The molecule has 4 atom stereocenters. The van der Waals surface area contributed by atoms with Gasteiger partial charge in [0, 0.05) is 50.3 Å². The van der Waals surface area contributed by atoms with Gasteiger partial charge in [-0.1, -0.05) is 0 Å². The van der Waals surface area contributed by atoms with E-state index in [0.29, 0.717) is 24.2 Å². The summed E-state index contributed by atoms with van der Waals surface area (Å²) in [4.78, 5) is 0. The maximum Gasteiger partial charge on any atom is 0.0193 e. The smallest absolute Gasteiger partial charge is 0.0193 e. The van der Waals surface area contributed by atoms with Crippen LogP contribution in [0.25, 0.3) is 0 Å². The molecule has 0 radical (unpaired) electrons. The first kappa shape index (κ1) is 12.3. The standard InChI is InChI=1S/C12H26N4/c1-9-5-15-11(7-13-9)3-4-12-8-14-10(2)6-16-12/h9-16H,3-8H2,1-2H3/t9-,10?,11-,12?/m1/s1. The zero-order valence-corrected chi connectivity index (χ0v) is 10.6. The van der Waals surface area contributed by atoms with Crippen molar-refractivity contribution in [3.63, 3.8) is 0 Å². The predicted molar refractivity (Wildman–Crippen MR) is 67.7 cm³/mol. The van der Waals surface area contributed by atoms with Gasteiger partial charge in [-0.15, -0.1) is 0 Å². The van der Waals surface area contributed by atoms with Crippen LogP contribution >= 0.6 is 0 Å². The summed E-state index contributed by atoms with van der Waals surface area (Å²) in [5, 5.41) is 14.3. The maximum absolute atomic E-state index is 3.61. The van der Waals surface area contributed by atoms with E-state index >= 15 is 0 Å². The van der Waals surface area contributed by atoms with Crippen LogP contribution < -0.4 is 21.3 Å². The molecule has 2 rings (SSSR count). The molecular formula is C12H26N4. The molecule has 2 saturated heterocycles. The molecule has 4 heteroatoms. The van der Waals surface area contributed by atoms with E-state index in [-0.39, 0.29) is 0 Å². The average Bonchev–Trinajstić information content (AvgIpc) is 2.30. The van der Waals surface area contributed by atoms with Crippen LogP contribution in [0.1, 0.15) is 26.7 Å². The molecule has 0 aromatic heterocycles. The van der Waals surface area contributed by atoms with Gasteiger partial charge in [0.1, 0.15) is 0 Å². The molecule has 0 aromatic carbocycles. The van der Waals surface area contributed by atoms with Crippen molar-refractivity contribution in [3.8, 4) is 0 Å². The lowest BCUT2D eigenvalue weighted by Gasteiger charge is -2.33. The van der Waals surface area contributed by atoms with Gasteiger partial charge in [0.2, 0.25) is 0 Å². The van der Waals surface area contributed by atoms with Gasteiger partial charge < -0.3 is 21.3 Å². The molecule has 4 N–H and O–H groups in total. The third-order valence-corrected chi connectivity index (χ3v) is 3.71. The van der Waals surface area contributed by atoms with Gasteiger partial charge in [-0.3, -0.25) is 0 Å². The van der Waals surface area contributed by atoms with Crippen molar-refractivity contribution in [2.45, 2.75) is 50.9 Å². The highest BCUT2D eigenvalue weighted by atomic mass is 15.1. The first-order chi connectivity index (χ1) is 7.74. The SMILES string of the molecule is CC1CNC(CC[C@@H]2CN[C@H](C)CN2)CN1. The summed E-state index contributed by atoms with van der Waals surface area (Å²) >= 11 is 0. The zero-order valence-electron chi connectivity index (χ0n) is 10.6. The Morgan fingerprint density at radius 3 is 1.44 bits per heavy atom. The van der Waals surface area contributed by atoms with Gasteiger partial charge in [-0.05, 0) is 26.7 Å². The first-order valence-corrected chi connectivity index (χ1v) is 6.67. The normalized spacial score (nSPS) is 40.9. The largest absolute Gasteiger partial charge is 0.311 e. The Bertz CT molecular complexity index is 171. The lowest BCUT2D eigenvalue weighted by molar-refractivity contribution is 0.300.